The van der Waals surface area contributed by atoms with Gasteiger partial charge >= 0.3 is 17.9 Å². The number of rotatable bonds is 7. The van der Waals surface area contributed by atoms with Gasteiger partial charge in [0.1, 0.15) is 11.2 Å². The Labute approximate surface area is 350 Å². The van der Waals surface area contributed by atoms with Crippen LogP contribution in [-0.4, -0.2) is 127 Å². The fourth-order valence-electron chi connectivity index (χ4n) is 13.6. The summed E-state index contributed by atoms with van der Waals surface area (Å²) in [4.78, 5) is 53.1. The predicted octanol–water partition coefficient (Wildman–Crippen LogP) is 3.92. The van der Waals surface area contributed by atoms with E-state index in [2.05, 4.69) is 27.1 Å². The molecule has 1 aromatic heterocycles. The number of hydrogen-bond acceptors (Lipinski definition) is 13. The highest BCUT2D eigenvalue weighted by atomic mass is 16.6. The number of ether oxygens (including phenoxy) is 4. The highest BCUT2D eigenvalue weighted by molar-refractivity contribution is 5.95. The Balaban J connectivity index is 1.37. The maximum absolute atomic E-state index is 15.4. The molecule has 14 nitrogen and oxygen atoms in total. The van der Waals surface area contributed by atoms with Gasteiger partial charge in [0.15, 0.2) is 6.10 Å². The van der Waals surface area contributed by atoms with Crippen LogP contribution in [0.25, 0.3) is 10.9 Å². The quantitative estimate of drug-likeness (QED) is 0.153. The molecule has 2 bridgehead atoms. The molecule has 3 aromatic rings. The summed E-state index contributed by atoms with van der Waals surface area (Å²) in [5.74, 6) is -1.64. The molecule has 1 spiro atoms. The Morgan fingerprint density at radius 1 is 0.967 bits per heavy atom. The van der Waals surface area contributed by atoms with Crippen LogP contribution in [0.3, 0.4) is 0 Å². The predicted molar refractivity (Wildman–Crippen MR) is 225 cm³/mol. The van der Waals surface area contributed by atoms with Crippen molar-refractivity contribution in [2.75, 3.05) is 65.2 Å². The van der Waals surface area contributed by atoms with Crippen molar-refractivity contribution in [3.8, 4) is 5.75 Å². The number of nitrogen functional groups attached to an aromatic ring is 1. The van der Waals surface area contributed by atoms with Gasteiger partial charge in [-0.05, 0) is 92.5 Å². The number of fused-ring (bicyclic) bond motifs is 6. The van der Waals surface area contributed by atoms with E-state index in [9.17, 15) is 19.8 Å². The third-order valence-corrected chi connectivity index (χ3v) is 15.8. The topological polar surface area (TPSA) is 180 Å². The molecule has 3 fully saturated rings. The second-order valence-corrected chi connectivity index (χ2v) is 18.5. The molecular weight excluding hydrogens is 767 g/mol. The van der Waals surface area contributed by atoms with Crippen LogP contribution in [0.5, 0.6) is 5.75 Å². The van der Waals surface area contributed by atoms with Gasteiger partial charge in [-0.1, -0.05) is 19.9 Å². The van der Waals surface area contributed by atoms with E-state index in [1.165, 1.54) is 21.1 Å². The maximum atomic E-state index is 15.4. The van der Waals surface area contributed by atoms with Gasteiger partial charge in [0.25, 0.3) is 0 Å². The standard InChI is InChI=1S/C46H59N5O9/c1-8-42(55)22-27-23-45(40(53)58-6,36-29(13-17-50(24-27)25-42)30-19-28(47)11-12-33(30)48-36)32-20-31-34(21-35(32)57-5)49(4)38-44(31)15-18-51-16-10-14-43(9-2,37(44)51)39(60-26(3)52)46(38,56)41(54)59-7/h10-12,16,19-21,27,37-39,48,55-56H,8-9,13-15,17-18,22-25,47H2,1-7H3/t27-,37+,38-,39-,42+,43-,44-,45+,46+/m1/s1. The monoisotopic (exact) mass is 825 g/mol. The van der Waals surface area contributed by atoms with E-state index in [1.807, 2.05) is 56.1 Å². The number of allylic oxidation sites excluding steroid dienone is 1. The molecule has 6 heterocycles. The molecule has 2 saturated heterocycles. The van der Waals surface area contributed by atoms with E-state index >= 15 is 4.79 Å². The van der Waals surface area contributed by atoms with Crippen molar-refractivity contribution in [3.05, 3.63) is 65.0 Å². The lowest BCUT2D eigenvalue weighted by Gasteiger charge is -2.64. The Kier molecular flexibility index (Phi) is 9.38. The molecule has 0 amide bonds. The van der Waals surface area contributed by atoms with Crippen molar-refractivity contribution in [3.63, 3.8) is 0 Å². The van der Waals surface area contributed by atoms with Crippen molar-refractivity contribution >= 4 is 40.2 Å². The first kappa shape index (κ1) is 40.6. The smallest absolute Gasteiger partial charge is 0.344 e. The number of aromatic amines is 1. The summed E-state index contributed by atoms with van der Waals surface area (Å²) in [7, 11) is 6.11. The first-order chi connectivity index (χ1) is 28.6. The average Bonchev–Trinajstić information content (AvgIpc) is 3.89. The van der Waals surface area contributed by atoms with Crippen LogP contribution in [0.1, 0.15) is 81.7 Å². The van der Waals surface area contributed by atoms with E-state index in [1.54, 1.807) is 7.11 Å². The number of carbonyl (C=O) groups excluding carboxylic acids is 3. The molecule has 1 unspecified atom stereocenters. The highest BCUT2D eigenvalue weighted by Crippen LogP contribution is 2.69. The van der Waals surface area contributed by atoms with Crippen LogP contribution in [-0.2, 0) is 45.8 Å². The van der Waals surface area contributed by atoms with E-state index < -0.39 is 57.5 Å². The number of aliphatic hydroxyl groups is 2. The van der Waals surface area contributed by atoms with E-state index in [4.69, 9.17) is 24.7 Å². The zero-order valence-corrected chi connectivity index (χ0v) is 35.8. The number of hydrogen-bond donors (Lipinski definition) is 4. The summed E-state index contributed by atoms with van der Waals surface area (Å²) in [5.41, 5.74) is 5.15. The molecule has 1 saturated carbocycles. The molecule has 1 aliphatic carbocycles. The Morgan fingerprint density at radius 3 is 2.42 bits per heavy atom. The highest BCUT2D eigenvalue weighted by Gasteiger charge is 2.80. The van der Waals surface area contributed by atoms with E-state index in [-0.39, 0.29) is 12.0 Å². The fourth-order valence-corrected chi connectivity index (χ4v) is 13.6. The number of likely N-dealkylation sites (N-methyl/N-ethyl adjacent to an activating group) is 1. The van der Waals surface area contributed by atoms with Crippen LogP contribution in [0.4, 0.5) is 11.4 Å². The second-order valence-electron chi connectivity index (χ2n) is 18.5. The maximum Gasteiger partial charge on any atom is 0.344 e. The van der Waals surface area contributed by atoms with E-state index in [0.29, 0.717) is 93.8 Å². The van der Waals surface area contributed by atoms with Gasteiger partial charge in [-0.2, -0.15) is 0 Å². The summed E-state index contributed by atoms with van der Waals surface area (Å²) >= 11 is 0. The van der Waals surface area contributed by atoms with Crippen molar-refractivity contribution in [2.45, 2.75) is 106 Å². The molecule has 60 heavy (non-hydrogen) atoms. The number of methoxy groups -OCH3 is 3. The number of nitrogens with two attached hydrogens (primary N) is 1. The van der Waals surface area contributed by atoms with Gasteiger partial charge in [0.05, 0.1) is 33.0 Å². The Hall–Kier alpha value is -4.79. The molecule has 5 aliphatic heterocycles. The second kappa shape index (κ2) is 13.9. The molecule has 322 valence electrons. The fraction of sp³-hybridized carbons (Fsp3) is 0.587. The first-order valence-electron chi connectivity index (χ1n) is 21.4. The molecule has 6 aliphatic rings. The lowest BCUT2D eigenvalue weighted by atomic mass is 9.47. The average molecular weight is 826 g/mol. The minimum Gasteiger partial charge on any atom is -0.496 e. The summed E-state index contributed by atoms with van der Waals surface area (Å²) in [6, 6.07) is 8.50. The summed E-state index contributed by atoms with van der Waals surface area (Å²) in [6.07, 6.45) is 6.33. The molecular formula is C46H59N5O9. The minimum absolute atomic E-state index is 0.126. The zero-order valence-electron chi connectivity index (χ0n) is 35.8. The van der Waals surface area contributed by atoms with Crippen LogP contribution in [0.2, 0.25) is 0 Å². The molecule has 10 atom stereocenters. The summed E-state index contributed by atoms with van der Waals surface area (Å²) in [6.45, 7) is 7.83. The Morgan fingerprint density at radius 2 is 1.73 bits per heavy atom. The minimum atomic E-state index is -2.30. The number of esters is 3. The normalized spacial score (nSPS) is 36.2. The van der Waals surface area contributed by atoms with Gasteiger partial charge in [-0.3, -0.25) is 14.5 Å². The number of aromatic nitrogens is 1. The molecule has 0 radical (unpaired) electrons. The zero-order chi connectivity index (χ0) is 42.7. The van der Waals surface area contributed by atoms with Crippen LogP contribution >= 0.6 is 0 Å². The lowest BCUT2D eigenvalue weighted by molar-refractivity contribution is -0.235. The van der Waals surface area contributed by atoms with Gasteiger partial charge < -0.3 is 49.7 Å². The van der Waals surface area contributed by atoms with E-state index in [0.717, 1.165) is 27.7 Å². The Bertz CT molecular complexity index is 2310. The van der Waals surface area contributed by atoms with Crippen molar-refractivity contribution in [2.24, 2.45) is 11.3 Å². The van der Waals surface area contributed by atoms with Crippen LogP contribution in [0.15, 0.2) is 42.6 Å². The number of nitrogens with zero attached hydrogens (tertiary/aromatic N) is 3. The summed E-state index contributed by atoms with van der Waals surface area (Å²) < 4.78 is 24.0. The SMILES string of the molecule is CC[C@]1(O)C[C@H]2CN(CCc3c([nH]c4ccc(N)cc34)[C@@](C(=O)OC)(c3cc4c(cc3OC)N(C)[C@H]3[C@@](O)(C(=O)OC)[C@H](OC(C)=O)[C@]5(CC)CC=CN6CC[C@]43[C@@H]65)C2)C1. The van der Waals surface area contributed by atoms with Crippen LogP contribution < -0.4 is 15.4 Å². The van der Waals surface area contributed by atoms with Gasteiger partial charge in [0.2, 0.25) is 5.60 Å². The third kappa shape index (κ3) is 5.19. The molecule has 9 rings (SSSR count). The van der Waals surface area contributed by atoms with Gasteiger partial charge in [0, 0.05) is 96.6 Å². The van der Waals surface area contributed by atoms with Gasteiger partial charge in [-0.15, -0.1) is 0 Å². The van der Waals surface area contributed by atoms with Crippen molar-refractivity contribution < 1.29 is 43.5 Å². The summed E-state index contributed by atoms with van der Waals surface area (Å²) in [5, 5.41) is 26.3. The lowest BCUT2D eigenvalue weighted by Crippen LogP contribution is -2.81. The number of anilines is 2. The van der Waals surface area contributed by atoms with Crippen LogP contribution in [0, 0.1) is 11.3 Å². The molecule has 14 heteroatoms. The number of benzene rings is 2. The van der Waals surface area contributed by atoms with Gasteiger partial charge in [-0.25, -0.2) is 4.79 Å². The largest absolute Gasteiger partial charge is 0.496 e. The van der Waals surface area contributed by atoms with Crippen molar-refractivity contribution in [1.82, 2.24) is 14.8 Å². The molecule has 2 aromatic carbocycles. The van der Waals surface area contributed by atoms with Crippen molar-refractivity contribution in [1.29, 1.82) is 0 Å². The molecule has 5 N–H and O–H groups in total. The number of H-pyrrole nitrogens is 1. The number of carbonyl (C=O) groups is 3. The first-order valence-corrected chi connectivity index (χ1v) is 21.4. The third-order valence-electron chi connectivity index (χ3n) is 15.8. The number of nitrogens with one attached hydrogen (secondary N) is 1. The number of piperidine rings is 1.